The summed E-state index contributed by atoms with van der Waals surface area (Å²) in [6, 6.07) is -1.41. The number of alkyl halides is 3. The molecule has 0 aromatic carbocycles. The highest BCUT2D eigenvalue weighted by atomic mass is 19.4. The number of nitrogens with zero attached hydrogens (tertiary/aromatic N) is 1. The summed E-state index contributed by atoms with van der Waals surface area (Å²) < 4.78 is 38.4. The Bertz CT molecular complexity index is 200. The highest BCUT2D eigenvalue weighted by Gasteiger charge is 2.44. The molecule has 96 valence electrons. The zero-order chi connectivity index (χ0) is 12.2. The molecular weight excluding hydrogens is 217 g/mol. The molecule has 1 aliphatic carbocycles. The van der Waals surface area contributed by atoms with Gasteiger partial charge < -0.3 is 5.73 Å². The van der Waals surface area contributed by atoms with Crippen LogP contribution in [0.4, 0.5) is 13.2 Å². The minimum absolute atomic E-state index is 0.0638. The van der Waals surface area contributed by atoms with Crippen molar-refractivity contribution in [3.8, 4) is 0 Å². The van der Waals surface area contributed by atoms with Gasteiger partial charge in [-0.3, -0.25) is 4.90 Å². The molecular formula is C11H21F3N2. The summed E-state index contributed by atoms with van der Waals surface area (Å²) in [4.78, 5) is 1.54. The first-order valence-electron chi connectivity index (χ1n) is 6.03. The first-order chi connectivity index (χ1) is 7.50. The molecule has 1 fully saturated rings. The molecule has 0 spiro atoms. The van der Waals surface area contributed by atoms with Crippen LogP contribution in [0.5, 0.6) is 0 Å². The first-order valence-corrected chi connectivity index (χ1v) is 6.03. The van der Waals surface area contributed by atoms with Crippen molar-refractivity contribution in [1.29, 1.82) is 0 Å². The first kappa shape index (κ1) is 13.8. The van der Waals surface area contributed by atoms with E-state index in [1.807, 2.05) is 0 Å². The van der Waals surface area contributed by atoms with Gasteiger partial charge in [0.25, 0.3) is 0 Å². The fourth-order valence-corrected chi connectivity index (χ4v) is 2.60. The minimum atomic E-state index is -4.21. The predicted octanol–water partition coefficient (Wildman–Crippen LogP) is 2.53. The standard InChI is InChI=1S/C11H21F3N2/c1-2-16(9-6-4-3-5-7-9)10(8-15)11(12,13)14/h9-10H,2-8,15H2,1H3. The van der Waals surface area contributed by atoms with Gasteiger partial charge in [-0.1, -0.05) is 26.2 Å². The van der Waals surface area contributed by atoms with Crippen molar-refractivity contribution in [3.05, 3.63) is 0 Å². The molecule has 1 saturated carbocycles. The molecule has 16 heavy (non-hydrogen) atoms. The maximum atomic E-state index is 12.8. The number of rotatable bonds is 4. The van der Waals surface area contributed by atoms with Crippen LogP contribution in [0.15, 0.2) is 0 Å². The topological polar surface area (TPSA) is 29.3 Å². The third kappa shape index (κ3) is 3.35. The van der Waals surface area contributed by atoms with Gasteiger partial charge in [0.2, 0.25) is 0 Å². The van der Waals surface area contributed by atoms with E-state index < -0.39 is 12.2 Å². The molecule has 0 saturated heterocycles. The van der Waals surface area contributed by atoms with Crippen molar-refractivity contribution >= 4 is 0 Å². The number of hydrogen-bond donors (Lipinski definition) is 1. The Morgan fingerprint density at radius 2 is 1.81 bits per heavy atom. The van der Waals surface area contributed by atoms with E-state index >= 15 is 0 Å². The average Bonchev–Trinajstić information content (AvgIpc) is 2.25. The number of halogens is 3. The monoisotopic (exact) mass is 238 g/mol. The van der Waals surface area contributed by atoms with Gasteiger partial charge in [0, 0.05) is 12.6 Å². The van der Waals surface area contributed by atoms with Gasteiger partial charge in [-0.25, -0.2) is 0 Å². The fraction of sp³-hybridized carbons (Fsp3) is 1.00. The normalized spacial score (nSPS) is 21.4. The van der Waals surface area contributed by atoms with Crippen LogP contribution in [-0.2, 0) is 0 Å². The zero-order valence-electron chi connectivity index (χ0n) is 9.76. The smallest absolute Gasteiger partial charge is 0.329 e. The van der Waals surface area contributed by atoms with Crippen LogP contribution in [0.25, 0.3) is 0 Å². The lowest BCUT2D eigenvalue weighted by molar-refractivity contribution is -0.187. The number of nitrogens with two attached hydrogens (primary N) is 1. The van der Waals surface area contributed by atoms with Gasteiger partial charge in [0.1, 0.15) is 6.04 Å². The summed E-state index contributed by atoms with van der Waals surface area (Å²) in [7, 11) is 0. The molecule has 1 unspecified atom stereocenters. The van der Waals surface area contributed by atoms with E-state index in [-0.39, 0.29) is 12.6 Å². The van der Waals surface area contributed by atoms with Crippen molar-refractivity contribution in [3.63, 3.8) is 0 Å². The molecule has 1 aliphatic rings. The molecule has 0 aromatic heterocycles. The Balaban J connectivity index is 2.69. The zero-order valence-corrected chi connectivity index (χ0v) is 9.76. The maximum Gasteiger partial charge on any atom is 0.405 e. The summed E-state index contributed by atoms with van der Waals surface area (Å²) in [6.07, 6.45) is 0.767. The Morgan fingerprint density at radius 1 is 1.25 bits per heavy atom. The molecule has 0 heterocycles. The molecule has 2 N–H and O–H groups in total. The highest BCUT2D eigenvalue weighted by molar-refractivity contribution is 4.85. The fourth-order valence-electron chi connectivity index (χ4n) is 2.60. The number of hydrogen-bond acceptors (Lipinski definition) is 2. The summed E-state index contributed by atoms with van der Waals surface area (Å²) in [5, 5.41) is 0. The third-order valence-electron chi connectivity index (χ3n) is 3.41. The minimum Gasteiger partial charge on any atom is -0.329 e. The Labute approximate surface area is 95.0 Å². The van der Waals surface area contributed by atoms with E-state index in [4.69, 9.17) is 5.73 Å². The van der Waals surface area contributed by atoms with Crippen LogP contribution in [0.1, 0.15) is 39.0 Å². The van der Waals surface area contributed by atoms with Crippen LogP contribution in [0, 0.1) is 0 Å². The second-order valence-electron chi connectivity index (χ2n) is 4.42. The van der Waals surface area contributed by atoms with E-state index in [0.717, 1.165) is 32.1 Å². The second kappa shape index (κ2) is 5.87. The lowest BCUT2D eigenvalue weighted by atomic mass is 9.93. The molecule has 5 heteroatoms. The molecule has 2 nitrogen and oxygen atoms in total. The highest BCUT2D eigenvalue weighted by Crippen LogP contribution is 2.30. The van der Waals surface area contributed by atoms with E-state index in [2.05, 4.69) is 0 Å². The van der Waals surface area contributed by atoms with E-state index in [1.165, 1.54) is 0 Å². The summed E-state index contributed by atoms with van der Waals surface area (Å²) in [5.41, 5.74) is 5.28. The van der Waals surface area contributed by atoms with Gasteiger partial charge in [0.05, 0.1) is 0 Å². The van der Waals surface area contributed by atoms with Gasteiger partial charge >= 0.3 is 6.18 Å². The van der Waals surface area contributed by atoms with Crippen LogP contribution in [0.3, 0.4) is 0 Å². The Hall–Kier alpha value is -0.290. The predicted molar refractivity (Wildman–Crippen MR) is 58.2 cm³/mol. The molecule has 0 bridgehead atoms. The summed E-state index contributed by atoms with van der Waals surface area (Å²) >= 11 is 0. The van der Waals surface area contributed by atoms with Gasteiger partial charge in [-0.2, -0.15) is 13.2 Å². The van der Waals surface area contributed by atoms with Gasteiger partial charge in [-0.05, 0) is 19.4 Å². The molecule has 0 amide bonds. The van der Waals surface area contributed by atoms with Crippen molar-refractivity contribution in [1.82, 2.24) is 4.90 Å². The van der Waals surface area contributed by atoms with E-state index in [0.29, 0.717) is 6.54 Å². The van der Waals surface area contributed by atoms with Crippen molar-refractivity contribution in [2.45, 2.75) is 57.3 Å². The Kier molecular flexibility index (Phi) is 5.05. The summed E-state index contributed by atoms with van der Waals surface area (Å²) in [6.45, 7) is 1.86. The van der Waals surface area contributed by atoms with Crippen LogP contribution < -0.4 is 5.73 Å². The second-order valence-corrected chi connectivity index (χ2v) is 4.42. The third-order valence-corrected chi connectivity index (χ3v) is 3.41. The van der Waals surface area contributed by atoms with Crippen molar-refractivity contribution in [2.75, 3.05) is 13.1 Å². The van der Waals surface area contributed by atoms with Crippen LogP contribution in [0.2, 0.25) is 0 Å². The Morgan fingerprint density at radius 3 is 2.19 bits per heavy atom. The molecule has 1 atom stereocenters. The maximum absolute atomic E-state index is 12.8. The van der Waals surface area contributed by atoms with Crippen molar-refractivity contribution in [2.24, 2.45) is 5.73 Å². The largest absolute Gasteiger partial charge is 0.405 e. The lowest BCUT2D eigenvalue weighted by Gasteiger charge is -2.39. The molecule has 0 aliphatic heterocycles. The van der Waals surface area contributed by atoms with Crippen LogP contribution >= 0.6 is 0 Å². The van der Waals surface area contributed by atoms with Crippen LogP contribution in [-0.4, -0.2) is 36.2 Å². The van der Waals surface area contributed by atoms with Crippen molar-refractivity contribution < 1.29 is 13.2 Å². The molecule has 0 aromatic rings. The molecule has 0 radical (unpaired) electrons. The molecule has 1 rings (SSSR count). The average molecular weight is 238 g/mol. The SMILES string of the molecule is CCN(C1CCCCC1)C(CN)C(F)(F)F. The lowest BCUT2D eigenvalue weighted by Crippen LogP contribution is -2.54. The quantitative estimate of drug-likeness (QED) is 0.815. The van der Waals surface area contributed by atoms with Gasteiger partial charge in [0.15, 0.2) is 0 Å². The summed E-state index contributed by atoms with van der Waals surface area (Å²) in [5.74, 6) is 0. The van der Waals surface area contributed by atoms with E-state index in [9.17, 15) is 13.2 Å². The van der Waals surface area contributed by atoms with Gasteiger partial charge in [-0.15, -0.1) is 0 Å². The van der Waals surface area contributed by atoms with E-state index in [1.54, 1.807) is 11.8 Å². The number of likely N-dealkylation sites (N-methyl/N-ethyl adjacent to an activating group) is 1.